The fourth-order valence-corrected chi connectivity index (χ4v) is 5.75. The van der Waals surface area contributed by atoms with Crippen LogP contribution in [0.25, 0.3) is 11.0 Å². The van der Waals surface area contributed by atoms with Crippen LogP contribution in [0.5, 0.6) is 12.0 Å². The number of hydrogen-bond acceptors (Lipinski definition) is 12. The minimum Gasteiger partial charge on any atom is -0.461 e. The second-order valence-electron chi connectivity index (χ2n) is 12.0. The first-order valence-electron chi connectivity index (χ1n) is 14.7. The smallest absolute Gasteiger partial charge is 0.319 e. The molecule has 4 aliphatic rings. The maximum absolute atomic E-state index is 6.14. The zero-order chi connectivity index (χ0) is 27.7. The molecule has 4 saturated heterocycles. The van der Waals surface area contributed by atoms with E-state index in [-0.39, 0.29) is 12.2 Å². The molecule has 2 aromatic rings. The molecule has 0 N–H and O–H groups in total. The van der Waals surface area contributed by atoms with E-state index in [1.165, 1.54) is 12.8 Å². The van der Waals surface area contributed by atoms with Gasteiger partial charge in [0.25, 0.3) is 0 Å². The van der Waals surface area contributed by atoms with Crippen LogP contribution < -0.4 is 19.3 Å². The lowest BCUT2D eigenvalue weighted by molar-refractivity contribution is -0.142. The fraction of sp³-hybridized carbons (Fsp3) is 0.786. The number of fused-ring (bicyclic) bond motifs is 1. The Hall–Kier alpha value is -2.54. The van der Waals surface area contributed by atoms with Crippen LogP contribution in [0.3, 0.4) is 0 Å². The third kappa shape index (κ3) is 6.35. The van der Waals surface area contributed by atoms with E-state index >= 15 is 0 Å². The van der Waals surface area contributed by atoms with Crippen molar-refractivity contribution in [3.8, 4) is 12.0 Å². The zero-order valence-corrected chi connectivity index (χ0v) is 24.2. The number of piperidine rings is 2. The highest BCUT2D eigenvalue weighted by Crippen LogP contribution is 2.35. The molecule has 0 unspecified atom stereocenters. The highest BCUT2D eigenvalue weighted by molar-refractivity contribution is 5.94. The third-order valence-electron chi connectivity index (χ3n) is 7.71. The van der Waals surface area contributed by atoms with Gasteiger partial charge in [-0.05, 0) is 66.2 Å². The molecule has 6 heterocycles. The van der Waals surface area contributed by atoms with Gasteiger partial charge in [0.15, 0.2) is 23.2 Å². The predicted molar refractivity (Wildman–Crippen MR) is 148 cm³/mol. The molecule has 2 aromatic heterocycles. The van der Waals surface area contributed by atoms with Crippen molar-refractivity contribution in [3.63, 3.8) is 0 Å². The summed E-state index contributed by atoms with van der Waals surface area (Å²) in [4.78, 5) is 24.1. The van der Waals surface area contributed by atoms with E-state index in [4.69, 9.17) is 48.4 Å². The van der Waals surface area contributed by atoms with E-state index < -0.39 is 11.6 Å². The van der Waals surface area contributed by atoms with Gasteiger partial charge in [-0.15, -0.1) is 0 Å². The first kappa shape index (κ1) is 27.6. The van der Waals surface area contributed by atoms with Crippen LogP contribution in [0.15, 0.2) is 0 Å². The van der Waals surface area contributed by atoms with Gasteiger partial charge in [0.2, 0.25) is 0 Å². The lowest BCUT2D eigenvalue weighted by Gasteiger charge is -2.31. The van der Waals surface area contributed by atoms with Crippen LogP contribution in [0, 0.1) is 0 Å². The summed E-state index contributed by atoms with van der Waals surface area (Å²) < 4.78 is 35.6. The number of rotatable bonds is 8. The summed E-state index contributed by atoms with van der Waals surface area (Å²) in [6, 6.07) is 0.603. The van der Waals surface area contributed by atoms with Crippen molar-refractivity contribution in [2.45, 2.75) is 90.0 Å². The van der Waals surface area contributed by atoms with E-state index in [1.54, 1.807) is 0 Å². The highest BCUT2D eigenvalue weighted by Gasteiger charge is 2.35. The molecule has 6 rings (SSSR count). The molecule has 40 heavy (non-hydrogen) atoms. The van der Waals surface area contributed by atoms with Crippen LogP contribution in [0.2, 0.25) is 0 Å². The molecule has 4 fully saturated rings. The normalized spacial score (nSPS) is 26.4. The van der Waals surface area contributed by atoms with Crippen molar-refractivity contribution in [1.82, 2.24) is 19.9 Å². The topological polar surface area (TPSA) is 113 Å². The summed E-state index contributed by atoms with van der Waals surface area (Å²) in [6.07, 6.45) is 6.46. The van der Waals surface area contributed by atoms with E-state index in [1.807, 2.05) is 27.7 Å². The van der Waals surface area contributed by atoms with E-state index in [2.05, 4.69) is 9.80 Å². The standard InChI is InChI=1S/C28H42N6O6/c1-27(2)37-17-19(39-27)15-35-25-29-21-22(23(31-25)33-11-7-5-8-12-33)30-26(32-24(21)34-13-9-6-10-14-34)36-16-20-18-38-28(3,4)40-20/h19-20H,5-18H2,1-4H3/t19-,20-/m0/s1. The molecule has 4 aliphatic heterocycles. The minimum atomic E-state index is -0.617. The monoisotopic (exact) mass is 558 g/mol. The average molecular weight is 559 g/mol. The number of anilines is 2. The van der Waals surface area contributed by atoms with Gasteiger partial charge in [0.05, 0.1) is 13.2 Å². The Bertz CT molecular complexity index is 1090. The Morgan fingerprint density at radius 1 is 0.625 bits per heavy atom. The maximum Gasteiger partial charge on any atom is 0.319 e. The molecule has 12 heteroatoms. The molecule has 12 nitrogen and oxygen atoms in total. The number of ether oxygens (including phenoxy) is 6. The Kier molecular flexibility index (Phi) is 7.86. The molecule has 2 atom stereocenters. The summed E-state index contributed by atoms with van der Waals surface area (Å²) >= 11 is 0. The predicted octanol–water partition coefficient (Wildman–Crippen LogP) is 3.46. The van der Waals surface area contributed by atoms with Gasteiger partial charge in [0, 0.05) is 26.2 Å². The second kappa shape index (κ2) is 11.4. The van der Waals surface area contributed by atoms with Gasteiger partial charge < -0.3 is 38.2 Å². The van der Waals surface area contributed by atoms with Crippen molar-refractivity contribution in [1.29, 1.82) is 0 Å². The fourth-order valence-electron chi connectivity index (χ4n) is 5.75. The largest absolute Gasteiger partial charge is 0.461 e. The molecule has 0 radical (unpaired) electrons. The van der Waals surface area contributed by atoms with Gasteiger partial charge in [-0.3, -0.25) is 0 Å². The van der Waals surface area contributed by atoms with Crippen LogP contribution >= 0.6 is 0 Å². The Morgan fingerprint density at radius 3 is 1.38 bits per heavy atom. The van der Waals surface area contributed by atoms with Crippen LogP contribution in [0.4, 0.5) is 11.6 Å². The first-order chi connectivity index (χ1) is 19.2. The lowest BCUT2D eigenvalue weighted by atomic mass is 10.1. The van der Waals surface area contributed by atoms with Crippen molar-refractivity contribution >= 4 is 22.7 Å². The Morgan fingerprint density at radius 2 is 1.02 bits per heavy atom. The summed E-state index contributed by atoms with van der Waals surface area (Å²) in [5.41, 5.74) is 1.37. The second-order valence-corrected chi connectivity index (χ2v) is 12.0. The van der Waals surface area contributed by atoms with Crippen LogP contribution in [-0.4, -0.2) is 96.3 Å². The summed E-state index contributed by atoms with van der Waals surface area (Å²) in [5.74, 6) is 0.286. The van der Waals surface area contributed by atoms with E-state index in [9.17, 15) is 0 Å². The lowest BCUT2D eigenvalue weighted by Crippen LogP contribution is -2.33. The molecule has 0 saturated carbocycles. The molecule has 0 aliphatic carbocycles. The molecule has 220 valence electrons. The molecular weight excluding hydrogens is 516 g/mol. The van der Waals surface area contributed by atoms with Gasteiger partial charge in [-0.25, -0.2) is 0 Å². The quantitative estimate of drug-likeness (QED) is 0.473. The number of aromatic nitrogens is 4. The average Bonchev–Trinajstić information content (AvgIpc) is 3.50. The number of hydrogen-bond donors (Lipinski definition) is 0. The van der Waals surface area contributed by atoms with E-state index in [0.29, 0.717) is 49.5 Å². The maximum atomic E-state index is 6.14. The van der Waals surface area contributed by atoms with Crippen molar-refractivity contribution < 1.29 is 28.4 Å². The molecule has 0 aromatic carbocycles. The van der Waals surface area contributed by atoms with Gasteiger partial charge >= 0.3 is 12.0 Å². The molecule has 0 amide bonds. The summed E-state index contributed by atoms with van der Waals surface area (Å²) in [5, 5.41) is 0. The van der Waals surface area contributed by atoms with Crippen LogP contribution in [0.1, 0.15) is 66.2 Å². The Labute approximate surface area is 235 Å². The SMILES string of the molecule is CC1(C)OC[C@H](COc2nc(N3CCCCC3)c3nc(OC[C@H]4COC(C)(C)O4)nc(N4CCCCC4)c3n2)O1. The van der Waals surface area contributed by atoms with E-state index in [0.717, 1.165) is 63.5 Å². The zero-order valence-electron chi connectivity index (χ0n) is 24.2. The van der Waals surface area contributed by atoms with Gasteiger partial charge in [-0.1, -0.05) is 0 Å². The third-order valence-corrected chi connectivity index (χ3v) is 7.71. The Balaban J connectivity index is 1.35. The van der Waals surface area contributed by atoms with Gasteiger partial charge in [-0.2, -0.15) is 19.9 Å². The number of nitrogens with zero attached hydrogens (tertiary/aromatic N) is 6. The molecule has 0 spiro atoms. The molecular formula is C28H42N6O6. The first-order valence-corrected chi connectivity index (χ1v) is 14.7. The summed E-state index contributed by atoms with van der Waals surface area (Å²) in [7, 11) is 0. The van der Waals surface area contributed by atoms with Crippen LogP contribution in [-0.2, 0) is 18.9 Å². The van der Waals surface area contributed by atoms with Gasteiger partial charge in [0.1, 0.15) is 36.5 Å². The van der Waals surface area contributed by atoms with Crippen molar-refractivity contribution in [2.75, 3.05) is 62.4 Å². The molecule has 0 bridgehead atoms. The summed E-state index contributed by atoms with van der Waals surface area (Å²) in [6.45, 7) is 12.8. The van der Waals surface area contributed by atoms with Crippen molar-refractivity contribution in [3.05, 3.63) is 0 Å². The minimum absolute atomic E-state index is 0.187. The van der Waals surface area contributed by atoms with Crippen molar-refractivity contribution in [2.24, 2.45) is 0 Å². The highest BCUT2D eigenvalue weighted by atomic mass is 16.8.